The van der Waals surface area contributed by atoms with Crippen LogP contribution in [0.15, 0.2) is 24.8 Å². The maximum atomic E-state index is 10.1. The molecule has 2 unspecified atom stereocenters. The number of ether oxygens (including phenoxy) is 3. The standard InChI is InChI=1S/C14H20O4/c1-3-5-13-9-11(18-12(15)10(13)2)4-6-14(13)16-7-8-17-14/h3-4,6,10-12,15H,1,5,7-9H2,2H3/t10-,11?,12?,13-/m0/s1. The van der Waals surface area contributed by atoms with E-state index in [4.69, 9.17) is 14.2 Å². The molecular formula is C14H20O4. The van der Waals surface area contributed by atoms with Gasteiger partial charge >= 0.3 is 0 Å². The quantitative estimate of drug-likeness (QED) is 0.758. The first-order valence-corrected chi connectivity index (χ1v) is 6.55. The van der Waals surface area contributed by atoms with Crippen LogP contribution in [0.3, 0.4) is 0 Å². The molecule has 1 N–H and O–H groups in total. The Morgan fingerprint density at radius 2 is 2.17 bits per heavy atom. The molecule has 0 saturated carbocycles. The van der Waals surface area contributed by atoms with E-state index in [1.54, 1.807) is 0 Å². The summed E-state index contributed by atoms with van der Waals surface area (Å²) in [7, 11) is 0. The molecule has 2 aliphatic heterocycles. The van der Waals surface area contributed by atoms with Gasteiger partial charge in [0.05, 0.1) is 19.3 Å². The summed E-state index contributed by atoms with van der Waals surface area (Å²) in [5.41, 5.74) is -0.289. The van der Waals surface area contributed by atoms with Crippen LogP contribution in [0.5, 0.6) is 0 Å². The lowest BCUT2D eigenvalue weighted by Gasteiger charge is -2.56. The first kappa shape index (κ1) is 12.4. The zero-order valence-corrected chi connectivity index (χ0v) is 10.7. The van der Waals surface area contributed by atoms with Crippen LogP contribution in [-0.2, 0) is 14.2 Å². The summed E-state index contributed by atoms with van der Waals surface area (Å²) in [5.74, 6) is -0.781. The molecule has 4 heteroatoms. The van der Waals surface area contributed by atoms with Crippen LogP contribution in [0.4, 0.5) is 0 Å². The summed E-state index contributed by atoms with van der Waals surface area (Å²) in [5, 5.41) is 10.1. The number of aliphatic hydroxyl groups is 1. The molecule has 18 heavy (non-hydrogen) atoms. The van der Waals surface area contributed by atoms with Crippen LogP contribution in [0.1, 0.15) is 19.8 Å². The maximum absolute atomic E-state index is 10.1. The van der Waals surface area contributed by atoms with Crippen LogP contribution >= 0.6 is 0 Å². The molecule has 4 atom stereocenters. The third-order valence-electron chi connectivity index (χ3n) is 4.63. The van der Waals surface area contributed by atoms with Gasteiger partial charge in [-0.05, 0) is 18.9 Å². The Hall–Kier alpha value is -0.680. The second-order valence-electron chi connectivity index (χ2n) is 5.43. The number of fused-ring (bicyclic) bond motifs is 3. The highest BCUT2D eigenvalue weighted by molar-refractivity contribution is 5.20. The molecule has 0 radical (unpaired) electrons. The van der Waals surface area contributed by atoms with Crippen molar-refractivity contribution in [2.75, 3.05) is 13.2 Å². The van der Waals surface area contributed by atoms with Crippen LogP contribution in [0.25, 0.3) is 0 Å². The van der Waals surface area contributed by atoms with Gasteiger partial charge in [0.1, 0.15) is 0 Å². The Morgan fingerprint density at radius 1 is 1.44 bits per heavy atom. The molecule has 100 valence electrons. The van der Waals surface area contributed by atoms with Crippen LogP contribution < -0.4 is 0 Å². The Morgan fingerprint density at radius 3 is 2.83 bits per heavy atom. The van der Waals surface area contributed by atoms with E-state index in [1.165, 1.54) is 0 Å². The number of rotatable bonds is 2. The maximum Gasteiger partial charge on any atom is 0.194 e. The predicted molar refractivity (Wildman–Crippen MR) is 65.7 cm³/mol. The first-order valence-electron chi connectivity index (χ1n) is 6.55. The van der Waals surface area contributed by atoms with Crippen LogP contribution in [0.2, 0.25) is 0 Å². The molecule has 4 nitrogen and oxygen atoms in total. The van der Waals surface area contributed by atoms with Gasteiger partial charge in [0.25, 0.3) is 0 Å². The molecule has 2 saturated heterocycles. The van der Waals surface area contributed by atoms with Crippen LogP contribution in [0, 0.1) is 11.3 Å². The van der Waals surface area contributed by atoms with Gasteiger partial charge in [-0.1, -0.05) is 19.1 Å². The second kappa shape index (κ2) is 4.17. The smallest absolute Gasteiger partial charge is 0.194 e. The van der Waals surface area contributed by atoms with Crippen LogP contribution in [-0.4, -0.2) is 36.5 Å². The molecule has 1 spiro atoms. The summed E-state index contributed by atoms with van der Waals surface area (Å²) in [6.45, 7) is 7.04. The summed E-state index contributed by atoms with van der Waals surface area (Å²) in [6, 6.07) is 0. The minimum atomic E-state index is -0.779. The average molecular weight is 252 g/mol. The Bertz CT molecular complexity index is 372. The van der Waals surface area contributed by atoms with Gasteiger partial charge in [0.2, 0.25) is 0 Å². The fourth-order valence-electron chi connectivity index (χ4n) is 3.62. The lowest BCUT2D eigenvalue weighted by atomic mass is 9.60. The van der Waals surface area contributed by atoms with E-state index >= 15 is 0 Å². The van der Waals surface area contributed by atoms with E-state index < -0.39 is 12.1 Å². The zero-order chi connectivity index (χ0) is 12.8. The third kappa shape index (κ3) is 1.46. The van der Waals surface area contributed by atoms with Crippen molar-refractivity contribution in [1.82, 2.24) is 0 Å². The summed E-state index contributed by atoms with van der Waals surface area (Å²) < 4.78 is 17.4. The molecule has 3 rings (SSSR count). The molecule has 0 aromatic rings. The fraction of sp³-hybridized carbons (Fsp3) is 0.714. The molecule has 2 bridgehead atoms. The van der Waals surface area contributed by atoms with Gasteiger partial charge in [-0.3, -0.25) is 0 Å². The summed E-state index contributed by atoms with van der Waals surface area (Å²) in [4.78, 5) is 0. The van der Waals surface area contributed by atoms with E-state index in [0.29, 0.717) is 13.2 Å². The van der Waals surface area contributed by atoms with E-state index in [9.17, 15) is 5.11 Å². The number of allylic oxidation sites excluding steroid dienone is 1. The Labute approximate surface area is 107 Å². The van der Waals surface area contributed by atoms with Crippen molar-refractivity contribution in [1.29, 1.82) is 0 Å². The van der Waals surface area contributed by atoms with Gasteiger partial charge in [0.15, 0.2) is 12.1 Å². The van der Waals surface area contributed by atoms with E-state index in [-0.39, 0.29) is 17.4 Å². The van der Waals surface area contributed by atoms with Gasteiger partial charge in [-0.15, -0.1) is 6.58 Å². The zero-order valence-electron chi connectivity index (χ0n) is 10.7. The largest absolute Gasteiger partial charge is 0.368 e. The SMILES string of the molecule is C=CC[C@@]12CC(C=CC13OCCO3)OC(O)[C@@H]2C. The highest BCUT2D eigenvalue weighted by atomic mass is 16.7. The average Bonchev–Trinajstić information content (AvgIpc) is 2.82. The van der Waals surface area contributed by atoms with E-state index in [2.05, 4.69) is 6.58 Å². The molecule has 3 aliphatic rings. The lowest BCUT2D eigenvalue weighted by molar-refractivity contribution is -0.305. The highest BCUT2D eigenvalue weighted by Gasteiger charge is 2.62. The topological polar surface area (TPSA) is 47.9 Å². The molecule has 2 heterocycles. The minimum Gasteiger partial charge on any atom is -0.368 e. The Balaban J connectivity index is 2.08. The number of aliphatic hydroxyl groups excluding tert-OH is 1. The molecular weight excluding hydrogens is 232 g/mol. The molecule has 0 amide bonds. The van der Waals surface area contributed by atoms with Gasteiger partial charge < -0.3 is 19.3 Å². The first-order chi connectivity index (χ1) is 8.63. The molecule has 0 aromatic carbocycles. The van der Waals surface area contributed by atoms with Crippen molar-refractivity contribution in [3.63, 3.8) is 0 Å². The summed E-state index contributed by atoms with van der Waals surface area (Å²) >= 11 is 0. The monoisotopic (exact) mass is 252 g/mol. The summed E-state index contributed by atoms with van der Waals surface area (Å²) in [6.07, 6.45) is 6.51. The normalized spacial score (nSPS) is 45.3. The van der Waals surface area contributed by atoms with E-state index in [0.717, 1.165) is 12.8 Å². The second-order valence-corrected chi connectivity index (χ2v) is 5.43. The number of hydrogen-bond acceptors (Lipinski definition) is 4. The van der Waals surface area contributed by atoms with Crippen molar-refractivity contribution in [2.45, 2.75) is 37.9 Å². The predicted octanol–water partition coefficient (Wildman–Crippen LogP) is 1.61. The molecule has 1 aliphatic carbocycles. The Kier molecular flexibility index (Phi) is 2.86. The van der Waals surface area contributed by atoms with Crippen molar-refractivity contribution in [2.24, 2.45) is 11.3 Å². The third-order valence-corrected chi connectivity index (χ3v) is 4.63. The molecule has 0 aromatic heterocycles. The highest BCUT2D eigenvalue weighted by Crippen LogP contribution is 2.57. The van der Waals surface area contributed by atoms with Crippen molar-refractivity contribution in [3.8, 4) is 0 Å². The van der Waals surface area contributed by atoms with Gasteiger partial charge in [-0.25, -0.2) is 0 Å². The number of hydrogen-bond donors (Lipinski definition) is 1. The van der Waals surface area contributed by atoms with Gasteiger partial charge in [-0.2, -0.15) is 0 Å². The lowest BCUT2D eigenvalue weighted by Crippen LogP contribution is -2.61. The van der Waals surface area contributed by atoms with Crippen molar-refractivity contribution in [3.05, 3.63) is 24.8 Å². The minimum absolute atomic E-state index is 0.0604. The molecule has 2 fully saturated rings. The fourth-order valence-corrected chi connectivity index (χ4v) is 3.62. The van der Waals surface area contributed by atoms with Crippen molar-refractivity contribution < 1.29 is 19.3 Å². The van der Waals surface area contributed by atoms with Crippen molar-refractivity contribution >= 4 is 0 Å². The van der Waals surface area contributed by atoms with Gasteiger partial charge in [0, 0.05) is 11.3 Å². The van der Waals surface area contributed by atoms with E-state index in [1.807, 2.05) is 25.2 Å².